The third-order valence-electron chi connectivity index (χ3n) is 7.45. The number of rotatable bonds is 4. The van der Waals surface area contributed by atoms with Crippen molar-refractivity contribution in [1.82, 2.24) is 14.1 Å². The molecule has 3 aliphatic rings. The molecule has 0 unspecified atom stereocenters. The first-order valence-electron chi connectivity index (χ1n) is 11.4. The molecule has 2 saturated heterocycles. The highest BCUT2D eigenvalue weighted by molar-refractivity contribution is 7.89. The second kappa shape index (κ2) is 8.97. The van der Waals surface area contributed by atoms with Gasteiger partial charge in [-0.25, -0.2) is 8.42 Å². The van der Waals surface area contributed by atoms with Crippen LogP contribution in [0.5, 0.6) is 0 Å². The fraction of sp³-hybridized carbons (Fsp3) is 0.696. The molecule has 2 atom stereocenters. The zero-order valence-corrected chi connectivity index (χ0v) is 19.2. The van der Waals surface area contributed by atoms with Crippen LogP contribution in [0.25, 0.3) is 0 Å². The van der Waals surface area contributed by atoms with Crippen molar-refractivity contribution in [2.75, 3.05) is 45.8 Å². The summed E-state index contributed by atoms with van der Waals surface area (Å²) >= 11 is 0. The van der Waals surface area contributed by atoms with Gasteiger partial charge in [-0.3, -0.25) is 9.69 Å². The lowest BCUT2D eigenvalue weighted by molar-refractivity contribution is -0.135. The van der Waals surface area contributed by atoms with Gasteiger partial charge in [0.15, 0.2) is 0 Å². The highest BCUT2D eigenvalue weighted by Crippen LogP contribution is 2.36. The van der Waals surface area contributed by atoms with Gasteiger partial charge in [0, 0.05) is 39.3 Å². The van der Waals surface area contributed by atoms with Gasteiger partial charge in [0.05, 0.1) is 11.4 Å². The Bertz CT molecular complexity index is 878. The van der Waals surface area contributed by atoms with Crippen LogP contribution in [-0.2, 0) is 14.8 Å². The van der Waals surface area contributed by atoms with Crippen LogP contribution in [0.15, 0.2) is 23.1 Å². The van der Waals surface area contributed by atoms with E-state index in [2.05, 4.69) is 9.80 Å². The SMILES string of the molecule is Cc1ccc(S(=O)(=O)N2CCN(CC(=O)N3CC[C@@H]4CCCC[C@H]4C3)CC2)cc1C. The van der Waals surface area contributed by atoms with Crippen molar-refractivity contribution in [1.29, 1.82) is 0 Å². The number of piperidine rings is 1. The second-order valence-corrected chi connectivity index (χ2v) is 11.3. The standard InChI is InChI=1S/C23H35N3O3S/c1-18-7-8-22(15-19(18)2)30(28,29)26-13-11-24(12-14-26)17-23(27)25-10-9-20-5-3-4-6-21(20)16-25/h7-8,15,20-21H,3-6,9-14,16-17H2,1-2H3/t20-,21-/m0/s1. The zero-order chi connectivity index (χ0) is 21.3. The Labute approximate surface area is 181 Å². The Morgan fingerprint density at radius 1 is 0.933 bits per heavy atom. The van der Waals surface area contributed by atoms with Gasteiger partial charge in [-0.15, -0.1) is 0 Å². The number of carbonyl (C=O) groups is 1. The summed E-state index contributed by atoms with van der Waals surface area (Å²) < 4.78 is 27.5. The van der Waals surface area contributed by atoms with E-state index in [1.807, 2.05) is 19.9 Å². The molecule has 1 aromatic carbocycles. The summed E-state index contributed by atoms with van der Waals surface area (Å²) in [6.45, 7) is 8.23. The number of benzene rings is 1. The summed E-state index contributed by atoms with van der Waals surface area (Å²) in [5.74, 6) is 1.72. The fourth-order valence-electron chi connectivity index (χ4n) is 5.27. The van der Waals surface area contributed by atoms with Gasteiger partial charge >= 0.3 is 0 Å². The number of aryl methyl sites for hydroxylation is 2. The van der Waals surface area contributed by atoms with Crippen LogP contribution in [-0.4, -0.2) is 74.2 Å². The molecule has 30 heavy (non-hydrogen) atoms. The van der Waals surface area contributed by atoms with Gasteiger partial charge < -0.3 is 4.90 Å². The van der Waals surface area contributed by atoms with E-state index in [-0.39, 0.29) is 5.91 Å². The number of nitrogens with zero attached hydrogens (tertiary/aromatic N) is 3. The Balaban J connectivity index is 1.30. The van der Waals surface area contributed by atoms with E-state index in [1.54, 1.807) is 16.4 Å². The number of carbonyl (C=O) groups excluding carboxylic acids is 1. The van der Waals surface area contributed by atoms with E-state index in [4.69, 9.17) is 0 Å². The van der Waals surface area contributed by atoms with Crippen molar-refractivity contribution in [3.05, 3.63) is 29.3 Å². The predicted molar refractivity (Wildman–Crippen MR) is 118 cm³/mol. The van der Waals surface area contributed by atoms with Gasteiger partial charge in [-0.2, -0.15) is 4.31 Å². The fourth-order valence-corrected chi connectivity index (χ4v) is 6.78. The summed E-state index contributed by atoms with van der Waals surface area (Å²) in [5, 5.41) is 0. The minimum Gasteiger partial charge on any atom is -0.341 e. The van der Waals surface area contributed by atoms with Crippen LogP contribution < -0.4 is 0 Å². The molecule has 166 valence electrons. The van der Waals surface area contributed by atoms with Gasteiger partial charge in [0.1, 0.15) is 0 Å². The van der Waals surface area contributed by atoms with E-state index in [0.29, 0.717) is 43.5 Å². The molecule has 1 saturated carbocycles. The molecule has 0 bridgehead atoms. The third kappa shape index (κ3) is 4.58. The maximum absolute atomic E-state index is 13.0. The minimum atomic E-state index is -3.48. The molecule has 0 aromatic heterocycles. The molecule has 1 aromatic rings. The van der Waals surface area contributed by atoms with Crippen molar-refractivity contribution in [2.24, 2.45) is 11.8 Å². The normalized spacial score (nSPS) is 26.4. The zero-order valence-electron chi connectivity index (χ0n) is 18.3. The number of sulfonamides is 1. The molecule has 2 heterocycles. The average molecular weight is 434 g/mol. The van der Waals surface area contributed by atoms with Crippen molar-refractivity contribution in [3.8, 4) is 0 Å². The number of hydrogen-bond acceptors (Lipinski definition) is 4. The van der Waals surface area contributed by atoms with Crippen LogP contribution in [0.2, 0.25) is 0 Å². The molecule has 3 fully saturated rings. The summed E-state index contributed by atoms with van der Waals surface area (Å²) in [5.41, 5.74) is 2.08. The highest BCUT2D eigenvalue weighted by Gasteiger charge is 2.34. The number of amides is 1. The van der Waals surface area contributed by atoms with Crippen molar-refractivity contribution < 1.29 is 13.2 Å². The number of piperazine rings is 1. The third-order valence-corrected chi connectivity index (χ3v) is 9.34. The number of likely N-dealkylation sites (tertiary alicyclic amines) is 1. The van der Waals surface area contributed by atoms with Gasteiger partial charge in [-0.1, -0.05) is 25.3 Å². The molecular formula is C23H35N3O3S. The van der Waals surface area contributed by atoms with E-state index in [1.165, 1.54) is 25.7 Å². The summed E-state index contributed by atoms with van der Waals surface area (Å²) in [6.07, 6.45) is 6.41. The molecule has 4 rings (SSSR count). The van der Waals surface area contributed by atoms with Crippen molar-refractivity contribution >= 4 is 15.9 Å². The number of hydrogen-bond donors (Lipinski definition) is 0. The Morgan fingerprint density at radius 2 is 1.63 bits per heavy atom. The summed E-state index contributed by atoms with van der Waals surface area (Å²) in [6, 6.07) is 5.32. The maximum atomic E-state index is 13.0. The van der Waals surface area contributed by atoms with Crippen molar-refractivity contribution in [2.45, 2.75) is 50.8 Å². The Kier molecular flexibility index (Phi) is 6.51. The van der Waals surface area contributed by atoms with Gasteiger partial charge in [-0.05, 0) is 61.8 Å². The van der Waals surface area contributed by atoms with E-state index < -0.39 is 10.0 Å². The Hall–Kier alpha value is -1.44. The van der Waals surface area contributed by atoms with Crippen LogP contribution in [0.4, 0.5) is 0 Å². The molecular weight excluding hydrogens is 398 g/mol. The highest BCUT2D eigenvalue weighted by atomic mass is 32.2. The maximum Gasteiger partial charge on any atom is 0.243 e. The second-order valence-electron chi connectivity index (χ2n) is 9.36. The van der Waals surface area contributed by atoms with Crippen LogP contribution in [0.3, 0.4) is 0 Å². The first kappa shape index (κ1) is 21.8. The first-order valence-corrected chi connectivity index (χ1v) is 12.9. The monoisotopic (exact) mass is 433 g/mol. The van der Waals surface area contributed by atoms with Crippen LogP contribution in [0.1, 0.15) is 43.2 Å². The smallest absolute Gasteiger partial charge is 0.243 e. The van der Waals surface area contributed by atoms with Crippen LogP contribution in [0, 0.1) is 25.7 Å². The lowest BCUT2D eigenvalue weighted by atomic mass is 9.75. The quantitative estimate of drug-likeness (QED) is 0.732. The molecule has 0 radical (unpaired) electrons. The molecule has 1 amide bonds. The molecule has 7 heteroatoms. The topological polar surface area (TPSA) is 60.9 Å². The average Bonchev–Trinajstić information content (AvgIpc) is 2.75. The Morgan fingerprint density at radius 3 is 2.33 bits per heavy atom. The van der Waals surface area contributed by atoms with Crippen LogP contribution >= 0.6 is 0 Å². The van der Waals surface area contributed by atoms with E-state index in [9.17, 15) is 13.2 Å². The molecule has 0 N–H and O–H groups in total. The largest absolute Gasteiger partial charge is 0.341 e. The van der Waals surface area contributed by atoms with E-state index in [0.717, 1.165) is 36.6 Å². The predicted octanol–water partition coefficient (Wildman–Crippen LogP) is 2.65. The lowest BCUT2D eigenvalue weighted by Crippen LogP contribution is -2.53. The molecule has 6 nitrogen and oxygen atoms in total. The minimum absolute atomic E-state index is 0.212. The van der Waals surface area contributed by atoms with Crippen molar-refractivity contribution in [3.63, 3.8) is 0 Å². The number of fused-ring (bicyclic) bond motifs is 1. The first-order chi connectivity index (χ1) is 14.3. The van der Waals surface area contributed by atoms with Gasteiger partial charge in [0.2, 0.25) is 15.9 Å². The summed E-state index contributed by atoms with van der Waals surface area (Å²) in [7, 11) is -3.48. The molecule has 0 spiro atoms. The molecule has 2 aliphatic heterocycles. The van der Waals surface area contributed by atoms with Gasteiger partial charge in [0.25, 0.3) is 0 Å². The summed E-state index contributed by atoms with van der Waals surface area (Å²) in [4.78, 5) is 17.4. The van der Waals surface area contributed by atoms with E-state index >= 15 is 0 Å². The molecule has 1 aliphatic carbocycles. The lowest BCUT2D eigenvalue weighted by Gasteiger charge is -2.42.